The number of pyridine rings is 1. The zero-order valence-corrected chi connectivity index (χ0v) is 14.1. The first-order valence-electron chi connectivity index (χ1n) is 7.37. The van der Waals surface area contributed by atoms with Crippen LogP contribution in [0.3, 0.4) is 0 Å². The number of nitrogens with zero attached hydrogens (tertiary/aromatic N) is 3. The summed E-state index contributed by atoms with van der Waals surface area (Å²) < 4.78 is 5.51. The van der Waals surface area contributed by atoms with Gasteiger partial charge in [0.05, 0.1) is 5.75 Å². The molecule has 0 atom stereocenters. The maximum absolute atomic E-state index is 12.1. The van der Waals surface area contributed by atoms with Gasteiger partial charge in [0.15, 0.2) is 0 Å². The third kappa shape index (κ3) is 3.80. The number of hydrogen-bond acceptors (Lipinski definition) is 6. The molecule has 2 aromatic heterocycles. The van der Waals surface area contributed by atoms with E-state index in [2.05, 4.69) is 20.5 Å². The van der Waals surface area contributed by atoms with Crippen molar-refractivity contribution in [1.82, 2.24) is 15.2 Å². The Bertz CT molecular complexity index is 849. The maximum Gasteiger partial charge on any atom is 0.277 e. The molecule has 3 aromatic rings. The molecule has 0 fully saturated rings. The monoisotopic (exact) mass is 340 g/mol. The molecule has 7 heteroatoms. The van der Waals surface area contributed by atoms with Crippen LogP contribution in [0.1, 0.15) is 11.1 Å². The van der Waals surface area contributed by atoms with Crippen LogP contribution in [-0.2, 0) is 4.79 Å². The van der Waals surface area contributed by atoms with Crippen molar-refractivity contribution in [3.63, 3.8) is 0 Å². The summed E-state index contributed by atoms with van der Waals surface area (Å²) in [5.74, 6) is 0.413. The summed E-state index contributed by atoms with van der Waals surface area (Å²) >= 11 is 1.19. The molecule has 0 saturated heterocycles. The number of aryl methyl sites for hydroxylation is 1. The predicted molar refractivity (Wildman–Crippen MR) is 92.8 cm³/mol. The predicted octanol–water partition coefficient (Wildman–Crippen LogP) is 3.48. The second-order valence-electron chi connectivity index (χ2n) is 5.17. The molecule has 0 saturated carbocycles. The van der Waals surface area contributed by atoms with Gasteiger partial charge in [-0.25, -0.2) is 0 Å². The summed E-state index contributed by atoms with van der Waals surface area (Å²) in [7, 11) is 0. The van der Waals surface area contributed by atoms with Gasteiger partial charge in [-0.05, 0) is 43.2 Å². The Labute approximate surface area is 143 Å². The molecule has 2 heterocycles. The van der Waals surface area contributed by atoms with E-state index >= 15 is 0 Å². The molecule has 6 nitrogen and oxygen atoms in total. The highest BCUT2D eigenvalue weighted by Gasteiger charge is 2.12. The average molecular weight is 340 g/mol. The number of benzene rings is 1. The van der Waals surface area contributed by atoms with E-state index in [1.165, 1.54) is 11.8 Å². The van der Waals surface area contributed by atoms with E-state index in [4.69, 9.17) is 4.42 Å². The van der Waals surface area contributed by atoms with Crippen LogP contribution in [0.25, 0.3) is 11.6 Å². The van der Waals surface area contributed by atoms with Crippen LogP contribution in [0.5, 0.6) is 0 Å². The summed E-state index contributed by atoms with van der Waals surface area (Å²) in [6, 6.07) is 11.3. The molecule has 122 valence electrons. The quantitative estimate of drug-likeness (QED) is 0.716. The highest BCUT2D eigenvalue weighted by Crippen LogP contribution is 2.22. The number of aromatic nitrogens is 3. The minimum Gasteiger partial charge on any atom is -0.410 e. The van der Waals surface area contributed by atoms with Crippen LogP contribution < -0.4 is 5.32 Å². The molecule has 1 N–H and O–H groups in total. The van der Waals surface area contributed by atoms with Gasteiger partial charge in [0, 0.05) is 11.9 Å². The second-order valence-corrected chi connectivity index (χ2v) is 6.10. The Morgan fingerprint density at radius 2 is 2.04 bits per heavy atom. The molecule has 0 spiro atoms. The summed E-state index contributed by atoms with van der Waals surface area (Å²) in [6.07, 6.45) is 1.66. The minimum atomic E-state index is -0.119. The number of rotatable bonds is 5. The molecular weight excluding hydrogens is 324 g/mol. The van der Waals surface area contributed by atoms with E-state index in [0.717, 1.165) is 16.8 Å². The van der Waals surface area contributed by atoms with Gasteiger partial charge in [-0.2, -0.15) is 0 Å². The van der Waals surface area contributed by atoms with E-state index in [9.17, 15) is 4.79 Å². The van der Waals surface area contributed by atoms with Gasteiger partial charge >= 0.3 is 0 Å². The fourth-order valence-corrected chi connectivity index (χ4v) is 2.62. The molecule has 0 aliphatic carbocycles. The van der Waals surface area contributed by atoms with Gasteiger partial charge in [-0.15, -0.1) is 10.2 Å². The lowest BCUT2D eigenvalue weighted by atomic mass is 10.1. The second kappa shape index (κ2) is 7.27. The molecule has 0 radical (unpaired) electrons. The summed E-state index contributed by atoms with van der Waals surface area (Å²) in [5, 5.41) is 11.1. The van der Waals surface area contributed by atoms with Crippen molar-refractivity contribution in [2.24, 2.45) is 0 Å². The van der Waals surface area contributed by atoms with Crippen LogP contribution in [0.2, 0.25) is 0 Å². The highest BCUT2D eigenvalue weighted by atomic mass is 32.2. The van der Waals surface area contributed by atoms with Gasteiger partial charge in [0.2, 0.25) is 5.91 Å². The van der Waals surface area contributed by atoms with E-state index in [0.29, 0.717) is 16.8 Å². The molecule has 3 rings (SSSR count). The SMILES string of the molecule is Cc1cccc(NC(=O)CSc2nnc(-c3ccccn3)o2)c1C. The third-order valence-electron chi connectivity index (χ3n) is 3.50. The minimum absolute atomic E-state index is 0.119. The molecule has 0 aliphatic heterocycles. The molecule has 1 aromatic carbocycles. The Balaban J connectivity index is 1.59. The molecule has 0 aliphatic rings. The van der Waals surface area contributed by atoms with Crippen LogP contribution in [0, 0.1) is 13.8 Å². The molecule has 0 unspecified atom stereocenters. The number of carbonyl (C=O) groups is 1. The third-order valence-corrected chi connectivity index (χ3v) is 4.31. The largest absolute Gasteiger partial charge is 0.410 e. The number of hydrogen-bond donors (Lipinski definition) is 1. The van der Waals surface area contributed by atoms with Crippen molar-refractivity contribution < 1.29 is 9.21 Å². The smallest absolute Gasteiger partial charge is 0.277 e. The lowest BCUT2D eigenvalue weighted by Crippen LogP contribution is -2.15. The summed E-state index contributed by atoms with van der Waals surface area (Å²) in [6.45, 7) is 3.99. The van der Waals surface area contributed by atoms with Gasteiger partial charge in [0.1, 0.15) is 5.69 Å². The zero-order chi connectivity index (χ0) is 16.9. The van der Waals surface area contributed by atoms with Crippen LogP contribution in [-0.4, -0.2) is 26.8 Å². The Morgan fingerprint density at radius 1 is 1.17 bits per heavy atom. The molecule has 1 amide bonds. The lowest BCUT2D eigenvalue weighted by molar-refractivity contribution is -0.113. The topological polar surface area (TPSA) is 80.9 Å². The van der Waals surface area contributed by atoms with Gasteiger partial charge in [-0.3, -0.25) is 9.78 Å². The van der Waals surface area contributed by atoms with Crippen LogP contribution in [0.15, 0.2) is 52.2 Å². The Morgan fingerprint density at radius 3 is 2.83 bits per heavy atom. The van der Waals surface area contributed by atoms with Crippen molar-refractivity contribution in [2.45, 2.75) is 19.1 Å². The van der Waals surface area contributed by atoms with Crippen molar-refractivity contribution in [3.8, 4) is 11.6 Å². The average Bonchev–Trinajstić information content (AvgIpc) is 3.07. The fraction of sp³-hybridized carbons (Fsp3) is 0.176. The van der Waals surface area contributed by atoms with Crippen molar-refractivity contribution in [2.75, 3.05) is 11.1 Å². The summed E-state index contributed by atoms with van der Waals surface area (Å²) in [5.41, 5.74) is 3.63. The lowest BCUT2D eigenvalue weighted by Gasteiger charge is -2.09. The fourth-order valence-electron chi connectivity index (χ4n) is 2.06. The Kier molecular flexibility index (Phi) is 4.90. The van der Waals surface area contributed by atoms with E-state index in [1.807, 2.05) is 44.2 Å². The van der Waals surface area contributed by atoms with Gasteiger partial charge in [0.25, 0.3) is 11.1 Å². The van der Waals surface area contributed by atoms with Crippen LogP contribution >= 0.6 is 11.8 Å². The summed E-state index contributed by atoms with van der Waals surface area (Å²) in [4.78, 5) is 16.2. The number of amides is 1. The molecule has 24 heavy (non-hydrogen) atoms. The standard InChI is InChI=1S/C17H16N4O2S/c1-11-6-5-8-13(12(11)2)19-15(22)10-24-17-21-20-16(23-17)14-7-3-4-9-18-14/h3-9H,10H2,1-2H3,(H,19,22). The number of anilines is 1. The number of nitrogens with one attached hydrogen (secondary N) is 1. The first kappa shape index (κ1) is 16.2. The Hall–Kier alpha value is -2.67. The van der Waals surface area contributed by atoms with E-state index in [1.54, 1.807) is 12.3 Å². The first-order valence-corrected chi connectivity index (χ1v) is 8.36. The van der Waals surface area contributed by atoms with E-state index in [-0.39, 0.29) is 11.7 Å². The number of carbonyl (C=O) groups excluding carboxylic acids is 1. The van der Waals surface area contributed by atoms with Crippen molar-refractivity contribution in [1.29, 1.82) is 0 Å². The van der Waals surface area contributed by atoms with Gasteiger partial charge in [-0.1, -0.05) is 30.0 Å². The van der Waals surface area contributed by atoms with Crippen molar-refractivity contribution >= 4 is 23.4 Å². The molecular formula is C17H16N4O2S. The van der Waals surface area contributed by atoms with Crippen LogP contribution in [0.4, 0.5) is 5.69 Å². The first-order chi connectivity index (χ1) is 11.6. The van der Waals surface area contributed by atoms with Crippen molar-refractivity contribution in [3.05, 3.63) is 53.7 Å². The number of thioether (sulfide) groups is 1. The maximum atomic E-state index is 12.1. The normalized spacial score (nSPS) is 10.6. The van der Waals surface area contributed by atoms with E-state index < -0.39 is 0 Å². The molecule has 0 bridgehead atoms. The van der Waals surface area contributed by atoms with Gasteiger partial charge < -0.3 is 9.73 Å². The highest BCUT2D eigenvalue weighted by molar-refractivity contribution is 7.99. The zero-order valence-electron chi connectivity index (χ0n) is 13.3.